The van der Waals surface area contributed by atoms with Crippen molar-refractivity contribution in [2.45, 2.75) is 45.8 Å². The summed E-state index contributed by atoms with van der Waals surface area (Å²) in [5, 5.41) is 2.95. The minimum Gasteiger partial charge on any atom is -0.379 e. The van der Waals surface area contributed by atoms with Gasteiger partial charge < -0.3 is 15.8 Å². The molecule has 1 amide bonds. The topological polar surface area (TPSA) is 67.6 Å². The molecule has 0 spiro atoms. The van der Waals surface area contributed by atoms with Crippen molar-refractivity contribution >= 4 is 5.91 Å². The molecule has 3 N–H and O–H groups in total. The third-order valence-corrected chi connectivity index (χ3v) is 3.46. The van der Waals surface area contributed by atoms with Gasteiger partial charge >= 0.3 is 0 Å². The zero-order chi connectivity index (χ0) is 13.7. The van der Waals surface area contributed by atoms with Gasteiger partial charge in [0.15, 0.2) is 0 Å². The van der Waals surface area contributed by atoms with Crippen LogP contribution in [0.2, 0.25) is 0 Å². The van der Waals surface area contributed by atoms with Gasteiger partial charge in [-0.3, -0.25) is 9.69 Å². The number of ether oxygens (including phenoxy) is 1. The predicted octanol–water partition coefficient (Wildman–Crippen LogP) is 0.195. The van der Waals surface area contributed by atoms with Crippen LogP contribution in [0.15, 0.2) is 0 Å². The monoisotopic (exact) mass is 257 g/mol. The van der Waals surface area contributed by atoms with Crippen molar-refractivity contribution in [3.8, 4) is 0 Å². The number of nitrogens with two attached hydrogens (primary N) is 1. The Kier molecular flexibility index (Phi) is 6.05. The van der Waals surface area contributed by atoms with Crippen molar-refractivity contribution in [2.75, 3.05) is 26.3 Å². The fourth-order valence-corrected chi connectivity index (χ4v) is 2.39. The van der Waals surface area contributed by atoms with Gasteiger partial charge in [-0.25, -0.2) is 0 Å². The molecule has 1 aliphatic rings. The van der Waals surface area contributed by atoms with Gasteiger partial charge in [-0.05, 0) is 27.7 Å². The molecular weight excluding hydrogens is 230 g/mol. The maximum Gasteiger partial charge on any atom is 0.227 e. The Morgan fingerprint density at radius 1 is 1.33 bits per heavy atom. The van der Waals surface area contributed by atoms with Crippen LogP contribution < -0.4 is 11.1 Å². The van der Waals surface area contributed by atoms with E-state index in [1.807, 2.05) is 0 Å². The number of nitrogens with zero attached hydrogens (tertiary/aromatic N) is 1. The van der Waals surface area contributed by atoms with Gasteiger partial charge in [-0.2, -0.15) is 0 Å². The molecular formula is C13H27N3O2. The first-order valence-corrected chi connectivity index (χ1v) is 6.80. The average molecular weight is 257 g/mol. The van der Waals surface area contributed by atoms with E-state index in [-0.39, 0.29) is 17.9 Å². The molecule has 1 aliphatic heterocycles. The molecule has 0 aliphatic carbocycles. The highest BCUT2D eigenvalue weighted by atomic mass is 16.5. The fraction of sp³-hybridized carbons (Fsp3) is 0.923. The molecule has 18 heavy (non-hydrogen) atoms. The first-order chi connectivity index (χ1) is 8.43. The second-order valence-corrected chi connectivity index (χ2v) is 5.52. The van der Waals surface area contributed by atoms with Crippen molar-refractivity contribution in [1.82, 2.24) is 10.2 Å². The third-order valence-electron chi connectivity index (χ3n) is 3.46. The summed E-state index contributed by atoms with van der Waals surface area (Å²) in [5.41, 5.74) is 5.81. The highest BCUT2D eigenvalue weighted by Crippen LogP contribution is 2.11. The first-order valence-electron chi connectivity index (χ1n) is 6.80. The molecule has 5 nitrogen and oxygen atoms in total. The Balaban J connectivity index is 2.30. The molecule has 1 saturated heterocycles. The summed E-state index contributed by atoms with van der Waals surface area (Å²) in [6, 6.07) is 0.814. The lowest BCUT2D eigenvalue weighted by atomic mass is 10.0. The Bertz CT molecular complexity index is 261. The quantitative estimate of drug-likeness (QED) is 0.713. The molecule has 1 fully saturated rings. The molecule has 1 rings (SSSR count). The highest BCUT2D eigenvalue weighted by Gasteiger charge is 2.31. The van der Waals surface area contributed by atoms with E-state index in [0.717, 1.165) is 6.54 Å². The van der Waals surface area contributed by atoms with E-state index in [1.54, 1.807) is 0 Å². The smallest absolute Gasteiger partial charge is 0.227 e. The van der Waals surface area contributed by atoms with E-state index in [2.05, 4.69) is 37.9 Å². The molecule has 5 heteroatoms. The normalized spacial score (nSPS) is 24.2. The van der Waals surface area contributed by atoms with Crippen molar-refractivity contribution < 1.29 is 9.53 Å². The zero-order valence-electron chi connectivity index (χ0n) is 12.0. The van der Waals surface area contributed by atoms with Crippen molar-refractivity contribution in [3.05, 3.63) is 0 Å². The molecule has 106 valence electrons. The van der Waals surface area contributed by atoms with Gasteiger partial charge in [-0.15, -0.1) is 0 Å². The van der Waals surface area contributed by atoms with E-state index >= 15 is 0 Å². The number of amides is 1. The molecule has 2 unspecified atom stereocenters. The molecule has 0 aromatic heterocycles. The summed E-state index contributed by atoms with van der Waals surface area (Å²) in [5.74, 6) is -0.163. The SMILES string of the molecule is CC(C)N(CCNC(=O)C1COCC1N)C(C)C. The molecule has 0 aromatic carbocycles. The lowest BCUT2D eigenvalue weighted by Gasteiger charge is -2.30. The second kappa shape index (κ2) is 7.07. The number of carbonyl (C=O) groups is 1. The van der Waals surface area contributed by atoms with Crippen LogP contribution in [0.1, 0.15) is 27.7 Å². The van der Waals surface area contributed by atoms with E-state index in [4.69, 9.17) is 10.5 Å². The van der Waals surface area contributed by atoms with E-state index in [1.165, 1.54) is 0 Å². The molecule has 0 aromatic rings. The van der Waals surface area contributed by atoms with Crippen LogP contribution in [-0.2, 0) is 9.53 Å². The summed E-state index contributed by atoms with van der Waals surface area (Å²) in [7, 11) is 0. The van der Waals surface area contributed by atoms with Gasteiger partial charge in [0.25, 0.3) is 0 Å². The Morgan fingerprint density at radius 2 is 1.94 bits per heavy atom. The van der Waals surface area contributed by atoms with E-state index < -0.39 is 0 Å². The number of nitrogens with one attached hydrogen (secondary N) is 1. The van der Waals surface area contributed by atoms with Gasteiger partial charge in [0, 0.05) is 31.2 Å². The maximum absolute atomic E-state index is 11.9. The fourth-order valence-electron chi connectivity index (χ4n) is 2.39. The number of hydrogen-bond donors (Lipinski definition) is 2. The van der Waals surface area contributed by atoms with Crippen LogP contribution in [0.3, 0.4) is 0 Å². The van der Waals surface area contributed by atoms with Gasteiger partial charge in [0.1, 0.15) is 0 Å². The minimum absolute atomic E-state index is 0.0208. The van der Waals surface area contributed by atoms with Crippen LogP contribution in [0.5, 0.6) is 0 Å². The largest absolute Gasteiger partial charge is 0.379 e. The van der Waals surface area contributed by atoms with E-state index in [9.17, 15) is 4.79 Å². The van der Waals surface area contributed by atoms with E-state index in [0.29, 0.717) is 31.8 Å². The predicted molar refractivity (Wildman–Crippen MR) is 72.3 cm³/mol. The van der Waals surface area contributed by atoms with Crippen molar-refractivity contribution in [2.24, 2.45) is 11.7 Å². The van der Waals surface area contributed by atoms with Crippen LogP contribution in [0.25, 0.3) is 0 Å². The van der Waals surface area contributed by atoms with Crippen LogP contribution >= 0.6 is 0 Å². The number of carbonyl (C=O) groups excluding carboxylic acids is 1. The lowest BCUT2D eigenvalue weighted by molar-refractivity contribution is -0.125. The molecule has 0 bridgehead atoms. The van der Waals surface area contributed by atoms with Crippen LogP contribution in [0, 0.1) is 5.92 Å². The summed E-state index contributed by atoms with van der Waals surface area (Å²) < 4.78 is 5.20. The summed E-state index contributed by atoms with van der Waals surface area (Å²) >= 11 is 0. The van der Waals surface area contributed by atoms with Gasteiger partial charge in [0.05, 0.1) is 19.1 Å². The first kappa shape index (κ1) is 15.4. The molecule has 2 atom stereocenters. The van der Waals surface area contributed by atoms with Gasteiger partial charge in [-0.1, -0.05) is 0 Å². The zero-order valence-corrected chi connectivity index (χ0v) is 12.0. The second-order valence-electron chi connectivity index (χ2n) is 5.52. The average Bonchev–Trinajstić information content (AvgIpc) is 2.69. The van der Waals surface area contributed by atoms with Crippen LogP contribution in [0.4, 0.5) is 0 Å². The van der Waals surface area contributed by atoms with Crippen LogP contribution in [-0.4, -0.2) is 55.2 Å². The number of hydrogen-bond acceptors (Lipinski definition) is 4. The summed E-state index contributed by atoms with van der Waals surface area (Å²) in [6.45, 7) is 11.1. The van der Waals surface area contributed by atoms with Gasteiger partial charge in [0.2, 0.25) is 5.91 Å². The Hall–Kier alpha value is -0.650. The maximum atomic E-state index is 11.9. The lowest BCUT2D eigenvalue weighted by Crippen LogP contribution is -2.46. The van der Waals surface area contributed by atoms with Crippen molar-refractivity contribution in [1.29, 1.82) is 0 Å². The third kappa shape index (κ3) is 4.23. The summed E-state index contributed by atoms with van der Waals surface area (Å²) in [6.07, 6.45) is 0. The van der Waals surface area contributed by atoms with Crippen molar-refractivity contribution in [3.63, 3.8) is 0 Å². The Morgan fingerprint density at radius 3 is 2.39 bits per heavy atom. The number of rotatable bonds is 6. The molecule has 1 heterocycles. The Labute approximate surface area is 110 Å². The standard InChI is InChI=1S/C13H27N3O2/c1-9(2)16(10(3)4)6-5-15-13(17)11-7-18-8-12(11)14/h9-12H,5-8,14H2,1-4H3,(H,15,17). The molecule has 0 radical (unpaired) electrons. The summed E-state index contributed by atoms with van der Waals surface area (Å²) in [4.78, 5) is 14.2. The molecule has 0 saturated carbocycles. The minimum atomic E-state index is -0.184. The highest BCUT2D eigenvalue weighted by molar-refractivity contribution is 5.79.